The van der Waals surface area contributed by atoms with E-state index in [4.69, 9.17) is 14.5 Å². The standard InChI is InChI=1S/C26H21N3O3/c1-3-31-25-21(16-27)22(17-11-7-5-8-12-17)19-15-20(26(30)32-4-2)23(28-24(19)29-25)18-13-9-6-10-14-18/h5-15H,3-4H2,1-2H3. The van der Waals surface area contributed by atoms with Crippen LogP contribution in [0.3, 0.4) is 0 Å². The van der Waals surface area contributed by atoms with Gasteiger partial charge in [0.2, 0.25) is 5.88 Å². The molecule has 6 nitrogen and oxygen atoms in total. The lowest BCUT2D eigenvalue weighted by Crippen LogP contribution is -2.09. The molecule has 0 aliphatic rings. The molecule has 32 heavy (non-hydrogen) atoms. The summed E-state index contributed by atoms with van der Waals surface area (Å²) in [6.07, 6.45) is 0. The highest BCUT2D eigenvalue weighted by Gasteiger charge is 2.23. The van der Waals surface area contributed by atoms with Crippen molar-refractivity contribution in [1.29, 1.82) is 5.26 Å². The van der Waals surface area contributed by atoms with Crippen molar-refractivity contribution in [3.8, 4) is 34.3 Å². The quantitative estimate of drug-likeness (QED) is 0.386. The van der Waals surface area contributed by atoms with Crippen LogP contribution < -0.4 is 4.74 Å². The van der Waals surface area contributed by atoms with Crippen molar-refractivity contribution in [3.05, 3.63) is 77.9 Å². The maximum absolute atomic E-state index is 12.9. The first-order valence-corrected chi connectivity index (χ1v) is 10.4. The maximum atomic E-state index is 12.9. The van der Waals surface area contributed by atoms with E-state index in [2.05, 4.69) is 11.1 Å². The number of carbonyl (C=O) groups excluding carboxylic acids is 1. The van der Waals surface area contributed by atoms with Gasteiger partial charge in [0.05, 0.1) is 24.5 Å². The van der Waals surface area contributed by atoms with Gasteiger partial charge in [0, 0.05) is 16.5 Å². The Labute approximate surface area is 186 Å². The van der Waals surface area contributed by atoms with E-state index < -0.39 is 5.97 Å². The van der Waals surface area contributed by atoms with Crippen molar-refractivity contribution in [1.82, 2.24) is 9.97 Å². The maximum Gasteiger partial charge on any atom is 0.340 e. The minimum absolute atomic E-state index is 0.219. The molecule has 0 atom stereocenters. The van der Waals surface area contributed by atoms with Gasteiger partial charge >= 0.3 is 5.97 Å². The topological polar surface area (TPSA) is 85.1 Å². The Hall–Kier alpha value is -4.24. The van der Waals surface area contributed by atoms with Crippen molar-refractivity contribution >= 4 is 17.0 Å². The number of fused-ring (bicyclic) bond motifs is 1. The first-order chi connectivity index (χ1) is 15.7. The van der Waals surface area contributed by atoms with Gasteiger partial charge in [0.15, 0.2) is 5.65 Å². The van der Waals surface area contributed by atoms with Gasteiger partial charge in [-0.25, -0.2) is 9.78 Å². The molecule has 158 valence electrons. The predicted molar refractivity (Wildman–Crippen MR) is 122 cm³/mol. The van der Waals surface area contributed by atoms with Crippen molar-refractivity contribution < 1.29 is 14.3 Å². The van der Waals surface area contributed by atoms with Gasteiger partial charge in [0.25, 0.3) is 0 Å². The molecule has 0 N–H and O–H groups in total. The van der Waals surface area contributed by atoms with E-state index >= 15 is 0 Å². The number of nitriles is 1. The van der Waals surface area contributed by atoms with Crippen LogP contribution in [0.5, 0.6) is 5.88 Å². The number of rotatable bonds is 6. The number of hydrogen-bond acceptors (Lipinski definition) is 6. The third-order valence-corrected chi connectivity index (χ3v) is 4.94. The summed E-state index contributed by atoms with van der Waals surface area (Å²) in [5, 5.41) is 10.5. The molecule has 2 heterocycles. The van der Waals surface area contributed by atoms with E-state index in [0.717, 1.165) is 11.1 Å². The molecule has 0 amide bonds. The molecule has 4 aromatic rings. The summed E-state index contributed by atoms with van der Waals surface area (Å²) in [5.41, 5.74) is 3.67. The van der Waals surface area contributed by atoms with Crippen LogP contribution in [0, 0.1) is 11.3 Å². The molecule has 0 fully saturated rings. The largest absolute Gasteiger partial charge is 0.477 e. The highest BCUT2D eigenvalue weighted by molar-refractivity contribution is 6.04. The molecule has 0 saturated heterocycles. The number of nitrogens with zero attached hydrogens (tertiary/aromatic N) is 3. The average molecular weight is 423 g/mol. The molecule has 2 aromatic heterocycles. The number of aromatic nitrogens is 2. The van der Waals surface area contributed by atoms with Crippen LogP contribution in [-0.2, 0) is 4.74 Å². The molecule has 0 aliphatic carbocycles. The fourth-order valence-corrected chi connectivity index (χ4v) is 3.60. The lowest BCUT2D eigenvalue weighted by atomic mass is 9.95. The number of esters is 1. The first kappa shape index (κ1) is 21.0. The molecule has 0 radical (unpaired) electrons. The third-order valence-electron chi connectivity index (χ3n) is 4.94. The Kier molecular flexibility index (Phi) is 6.09. The summed E-state index contributed by atoms with van der Waals surface area (Å²) in [6.45, 7) is 4.19. The van der Waals surface area contributed by atoms with Gasteiger partial charge in [-0.3, -0.25) is 0 Å². The Balaban J connectivity index is 2.12. The van der Waals surface area contributed by atoms with Crippen LogP contribution in [0.1, 0.15) is 29.8 Å². The van der Waals surface area contributed by atoms with Gasteiger partial charge < -0.3 is 9.47 Å². The first-order valence-electron chi connectivity index (χ1n) is 10.4. The Bertz CT molecular complexity index is 1310. The predicted octanol–water partition coefficient (Wildman–Crippen LogP) is 5.41. The minimum atomic E-state index is -0.479. The van der Waals surface area contributed by atoms with E-state index in [-0.39, 0.29) is 12.5 Å². The van der Waals surface area contributed by atoms with Crippen molar-refractivity contribution in [2.45, 2.75) is 13.8 Å². The summed E-state index contributed by atoms with van der Waals surface area (Å²) < 4.78 is 11.0. The lowest BCUT2D eigenvalue weighted by Gasteiger charge is -2.15. The van der Waals surface area contributed by atoms with Gasteiger partial charge in [-0.2, -0.15) is 10.2 Å². The molecule has 2 aromatic carbocycles. The average Bonchev–Trinajstić information content (AvgIpc) is 2.84. The summed E-state index contributed by atoms with van der Waals surface area (Å²) in [7, 11) is 0. The Morgan fingerprint density at radius 2 is 1.59 bits per heavy atom. The summed E-state index contributed by atoms with van der Waals surface area (Å²) in [5.74, 6) is -0.260. The molecular weight excluding hydrogens is 402 g/mol. The molecular formula is C26H21N3O3. The van der Waals surface area contributed by atoms with Crippen LogP contribution in [-0.4, -0.2) is 29.2 Å². The van der Waals surface area contributed by atoms with E-state index in [0.29, 0.717) is 40.0 Å². The summed E-state index contributed by atoms with van der Waals surface area (Å²) >= 11 is 0. The molecule has 0 bridgehead atoms. The Morgan fingerprint density at radius 1 is 0.938 bits per heavy atom. The van der Waals surface area contributed by atoms with Crippen LogP contribution in [0.25, 0.3) is 33.4 Å². The van der Waals surface area contributed by atoms with Crippen LogP contribution >= 0.6 is 0 Å². The van der Waals surface area contributed by atoms with Crippen LogP contribution in [0.4, 0.5) is 0 Å². The lowest BCUT2D eigenvalue weighted by molar-refractivity contribution is 0.0527. The van der Waals surface area contributed by atoms with Gasteiger partial charge in [-0.1, -0.05) is 60.7 Å². The van der Waals surface area contributed by atoms with Crippen molar-refractivity contribution in [2.75, 3.05) is 13.2 Å². The van der Waals surface area contributed by atoms with E-state index in [1.165, 1.54) is 0 Å². The molecule has 4 rings (SSSR count). The Morgan fingerprint density at radius 3 is 2.19 bits per heavy atom. The van der Waals surface area contributed by atoms with E-state index in [1.807, 2.05) is 67.6 Å². The SMILES string of the molecule is CCOC(=O)c1cc2c(-c3ccccc3)c(C#N)c(OCC)nc2nc1-c1ccccc1. The van der Waals surface area contributed by atoms with Gasteiger partial charge in [-0.05, 0) is 25.5 Å². The summed E-state index contributed by atoms with van der Waals surface area (Å²) in [6, 6.07) is 22.8. The minimum Gasteiger partial charge on any atom is -0.477 e. The molecule has 0 unspecified atom stereocenters. The van der Waals surface area contributed by atoms with Crippen molar-refractivity contribution in [2.24, 2.45) is 0 Å². The fourth-order valence-electron chi connectivity index (χ4n) is 3.60. The van der Waals surface area contributed by atoms with E-state index in [9.17, 15) is 10.1 Å². The van der Waals surface area contributed by atoms with Crippen molar-refractivity contribution in [3.63, 3.8) is 0 Å². The molecule has 0 spiro atoms. The van der Waals surface area contributed by atoms with Crippen LogP contribution in [0.2, 0.25) is 0 Å². The second-order valence-corrected chi connectivity index (χ2v) is 6.92. The zero-order chi connectivity index (χ0) is 22.5. The number of carbonyl (C=O) groups is 1. The highest BCUT2D eigenvalue weighted by atomic mass is 16.5. The zero-order valence-electron chi connectivity index (χ0n) is 17.8. The number of pyridine rings is 2. The molecule has 0 aliphatic heterocycles. The van der Waals surface area contributed by atoms with Gasteiger partial charge in [-0.15, -0.1) is 0 Å². The number of benzene rings is 2. The third kappa shape index (κ3) is 3.88. The summed E-state index contributed by atoms with van der Waals surface area (Å²) in [4.78, 5) is 22.2. The molecule has 0 saturated carbocycles. The monoisotopic (exact) mass is 423 g/mol. The number of ether oxygens (including phenoxy) is 2. The van der Waals surface area contributed by atoms with E-state index in [1.54, 1.807) is 13.0 Å². The second kappa shape index (κ2) is 9.27. The number of hydrogen-bond donors (Lipinski definition) is 0. The normalized spacial score (nSPS) is 10.5. The highest BCUT2D eigenvalue weighted by Crippen LogP contribution is 2.37. The van der Waals surface area contributed by atoms with Gasteiger partial charge in [0.1, 0.15) is 11.6 Å². The molecule has 6 heteroatoms. The fraction of sp³-hybridized carbons (Fsp3) is 0.154. The smallest absolute Gasteiger partial charge is 0.340 e. The second-order valence-electron chi connectivity index (χ2n) is 6.92. The van der Waals surface area contributed by atoms with Crippen LogP contribution in [0.15, 0.2) is 66.7 Å². The zero-order valence-corrected chi connectivity index (χ0v) is 17.8.